The summed E-state index contributed by atoms with van der Waals surface area (Å²) in [6, 6.07) is 13.4. The van der Waals surface area contributed by atoms with E-state index in [1.807, 2.05) is 0 Å². The maximum absolute atomic E-state index is 12.9. The first-order valence-electron chi connectivity index (χ1n) is 9.50. The van der Waals surface area contributed by atoms with Crippen LogP contribution in [0, 0.1) is 0 Å². The van der Waals surface area contributed by atoms with Gasteiger partial charge in [0, 0.05) is 25.0 Å². The van der Waals surface area contributed by atoms with Crippen molar-refractivity contribution in [3.63, 3.8) is 0 Å². The minimum atomic E-state index is -5.06. The van der Waals surface area contributed by atoms with Crippen LogP contribution in [0.4, 0.5) is 13.2 Å². The van der Waals surface area contributed by atoms with Crippen LogP contribution in [0.5, 0.6) is 5.75 Å². The lowest BCUT2D eigenvalue weighted by atomic mass is 9.73. The largest absolute Gasteiger partial charge is 0.573 e. The van der Waals surface area contributed by atoms with E-state index in [1.165, 1.54) is 12.1 Å². The van der Waals surface area contributed by atoms with Gasteiger partial charge in [-0.05, 0) is 30.5 Å². The molecule has 0 aliphatic carbocycles. The molecule has 0 spiro atoms. The van der Waals surface area contributed by atoms with Crippen molar-refractivity contribution in [2.45, 2.75) is 29.5 Å². The van der Waals surface area contributed by atoms with Crippen molar-refractivity contribution in [2.75, 3.05) is 19.6 Å². The number of alkyl halides is 3. The summed E-state index contributed by atoms with van der Waals surface area (Å²) in [5, 5.41) is 5.20. The summed E-state index contributed by atoms with van der Waals surface area (Å²) in [4.78, 5) is -0.650. The van der Waals surface area contributed by atoms with Crippen LogP contribution in [-0.2, 0) is 25.6 Å². The first kappa shape index (κ1) is 24.5. The quantitative estimate of drug-likeness (QED) is 0.612. The number of nitrogens with two attached hydrogens (primary N) is 1. The van der Waals surface area contributed by atoms with Crippen LogP contribution in [0.15, 0.2) is 59.5 Å². The van der Waals surface area contributed by atoms with E-state index in [4.69, 9.17) is 5.14 Å². The molecule has 0 radical (unpaired) electrons. The maximum atomic E-state index is 12.9. The van der Waals surface area contributed by atoms with Gasteiger partial charge in [-0.25, -0.2) is 18.3 Å². The first-order valence-corrected chi connectivity index (χ1v) is 12.5. The van der Waals surface area contributed by atoms with Gasteiger partial charge < -0.3 is 4.74 Å². The number of piperidine rings is 1. The molecule has 0 aromatic heterocycles. The number of halogens is 3. The van der Waals surface area contributed by atoms with E-state index < -0.39 is 42.7 Å². The van der Waals surface area contributed by atoms with Crippen LogP contribution < -0.4 is 14.6 Å². The average molecular weight is 494 g/mol. The summed E-state index contributed by atoms with van der Waals surface area (Å²) in [6.45, 7) is -0.00931. The van der Waals surface area contributed by atoms with Crippen LogP contribution in [0.1, 0.15) is 18.4 Å². The highest BCUT2D eigenvalue weighted by Crippen LogP contribution is 2.36. The number of sulfonamides is 1. The van der Waals surface area contributed by atoms with Gasteiger partial charge in [0.25, 0.3) is 10.2 Å². The lowest BCUT2D eigenvalue weighted by Gasteiger charge is -2.41. The van der Waals surface area contributed by atoms with Crippen molar-refractivity contribution >= 4 is 20.2 Å². The molecule has 1 heterocycles. The predicted molar refractivity (Wildman–Crippen MR) is 110 cm³/mol. The third-order valence-corrected chi connectivity index (χ3v) is 7.92. The van der Waals surface area contributed by atoms with Crippen molar-refractivity contribution in [1.82, 2.24) is 9.03 Å². The molecule has 3 rings (SSSR count). The third kappa shape index (κ3) is 5.78. The lowest BCUT2D eigenvalue weighted by Crippen LogP contribution is -2.51. The molecule has 13 heteroatoms. The van der Waals surface area contributed by atoms with Crippen molar-refractivity contribution in [3.05, 3.63) is 60.2 Å². The van der Waals surface area contributed by atoms with Gasteiger partial charge in [0.05, 0.1) is 0 Å². The van der Waals surface area contributed by atoms with E-state index in [1.54, 1.807) is 30.3 Å². The molecule has 1 aliphatic heterocycles. The Balaban J connectivity index is 1.88. The van der Waals surface area contributed by atoms with Gasteiger partial charge in [0.15, 0.2) is 0 Å². The zero-order valence-corrected chi connectivity index (χ0v) is 18.4. The van der Waals surface area contributed by atoms with Crippen LogP contribution in [0.2, 0.25) is 0 Å². The van der Waals surface area contributed by atoms with E-state index in [9.17, 15) is 30.0 Å². The molecule has 0 bridgehead atoms. The Kier molecular flexibility index (Phi) is 6.86. The smallest absolute Gasteiger partial charge is 0.404 e. The highest BCUT2D eigenvalue weighted by molar-refractivity contribution is 7.89. The Bertz CT molecular complexity index is 1150. The molecule has 3 N–H and O–H groups in total. The van der Waals surface area contributed by atoms with Gasteiger partial charge in [-0.1, -0.05) is 42.5 Å². The zero-order valence-electron chi connectivity index (χ0n) is 16.7. The topological polar surface area (TPSA) is 119 Å². The number of para-hydroxylation sites is 1. The Hall–Kier alpha value is -2.19. The van der Waals surface area contributed by atoms with Crippen LogP contribution in [0.25, 0.3) is 0 Å². The highest BCUT2D eigenvalue weighted by atomic mass is 32.2. The van der Waals surface area contributed by atoms with Gasteiger partial charge in [-0.15, -0.1) is 13.2 Å². The summed E-state index contributed by atoms with van der Waals surface area (Å²) < 4.78 is 94.6. The number of benzene rings is 2. The Morgan fingerprint density at radius 1 is 0.969 bits per heavy atom. The molecule has 0 unspecified atom stereocenters. The summed E-state index contributed by atoms with van der Waals surface area (Å²) in [6.07, 6.45) is -4.54. The SMILES string of the molecule is NS(=O)(=O)N1CCC(CNS(=O)(=O)c2ccccc2OC(F)(F)F)(c2ccccc2)CC1. The molecule has 1 fully saturated rings. The Labute approximate surface area is 184 Å². The van der Waals surface area contributed by atoms with Crippen LogP contribution >= 0.6 is 0 Å². The van der Waals surface area contributed by atoms with Crippen molar-refractivity contribution < 1.29 is 34.7 Å². The molecule has 2 aromatic carbocycles. The summed E-state index contributed by atoms with van der Waals surface area (Å²) in [5.41, 5.74) is -0.00777. The van der Waals surface area contributed by atoms with Crippen LogP contribution in [0.3, 0.4) is 0 Å². The standard InChI is InChI=1S/C19H22F3N3O5S2/c20-19(21,22)30-16-8-4-5-9-17(16)31(26,27)24-14-18(15-6-2-1-3-7-15)10-12-25(13-11-18)32(23,28)29/h1-9,24H,10-14H2,(H2,23,28,29). The van der Waals surface area contributed by atoms with Crippen molar-refractivity contribution in [3.8, 4) is 5.75 Å². The van der Waals surface area contributed by atoms with Gasteiger partial charge >= 0.3 is 6.36 Å². The molecule has 0 amide bonds. The number of hydrogen-bond acceptors (Lipinski definition) is 5. The molecule has 8 nitrogen and oxygen atoms in total. The molecule has 0 saturated carbocycles. The Morgan fingerprint density at radius 2 is 1.53 bits per heavy atom. The molecule has 1 aliphatic rings. The molecular formula is C19H22F3N3O5S2. The van der Waals surface area contributed by atoms with Gasteiger partial charge in [0.2, 0.25) is 10.0 Å². The number of hydrogen-bond donors (Lipinski definition) is 2. The minimum Gasteiger partial charge on any atom is -0.404 e. The monoisotopic (exact) mass is 493 g/mol. The fraction of sp³-hybridized carbons (Fsp3) is 0.368. The molecule has 0 atom stereocenters. The van der Waals surface area contributed by atoms with Crippen LogP contribution in [-0.4, -0.2) is 47.1 Å². The summed E-state index contributed by atoms with van der Waals surface area (Å²) in [7, 11) is -8.28. The third-order valence-electron chi connectivity index (χ3n) is 5.39. The predicted octanol–water partition coefficient (Wildman–Crippen LogP) is 2.10. The maximum Gasteiger partial charge on any atom is 0.573 e. The zero-order chi connectivity index (χ0) is 23.6. The minimum absolute atomic E-state index is 0.0726. The molecule has 2 aromatic rings. The van der Waals surface area contributed by atoms with Gasteiger partial charge in [0.1, 0.15) is 10.6 Å². The van der Waals surface area contributed by atoms with Crippen molar-refractivity contribution in [1.29, 1.82) is 0 Å². The number of nitrogens with one attached hydrogen (secondary N) is 1. The van der Waals surface area contributed by atoms with E-state index in [2.05, 4.69) is 9.46 Å². The fourth-order valence-corrected chi connectivity index (χ4v) is 5.67. The molecular weight excluding hydrogens is 471 g/mol. The van der Waals surface area contributed by atoms with E-state index in [0.717, 1.165) is 22.0 Å². The first-order chi connectivity index (χ1) is 14.8. The second kappa shape index (κ2) is 8.98. The second-order valence-corrected chi connectivity index (χ2v) is 10.7. The van der Waals surface area contributed by atoms with Crippen molar-refractivity contribution in [2.24, 2.45) is 5.14 Å². The average Bonchev–Trinajstić information content (AvgIpc) is 2.72. The molecule has 32 heavy (non-hydrogen) atoms. The van der Waals surface area contributed by atoms with Gasteiger partial charge in [-0.3, -0.25) is 0 Å². The lowest BCUT2D eigenvalue weighted by molar-refractivity contribution is -0.275. The highest BCUT2D eigenvalue weighted by Gasteiger charge is 2.40. The molecule has 1 saturated heterocycles. The van der Waals surface area contributed by atoms with E-state index >= 15 is 0 Å². The summed E-state index contributed by atoms with van der Waals surface area (Å²) >= 11 is 0. The fourth-order valence-electron chi connectivity index (χ4n) is 3.72. The van der Waals surface area contributed by atoms with E-state index in [0.29, 0.717) is 0 Å². The number of nitrogens with zero attached hydrogens (tertiary/aromatic N) is 1. The molecule has 176 valence electrons. The Morgan fingerprint density at radius 3 is 2.09 bits per heavy atom. The summed E-state index contributed by atoms with van der Waals surface area (Å²) in [5.74, 6) is -0.842. The number of ether oxygens (including phenoxy) is 1. The van der Waals surface area contributed by atoms with E-state index in [-0.39, 0.29) is 32.5 Å². The second-order valence-electron chi connectivity index (χ2n) is 7.41. The normalized spacial score (nSPS) is 17.8. The number of rotatable bonds is 7. The van der Waals surface area contributed by atoms with Gasteiger partial charge in [-0.2, -0.15) is 12.7 Å².